The number of methoxy groups -OCH3 is 1. The number of anilines is 1. The summed E-state index contributed by atoms with van der Waals surface area (Å²) in [6, 6.07) is 5.71. The lowest BCUT2D eigenvalue weighted by Crippen LogP contribution is -2.11. The molecule has 0 saturated carbocycles. The molecule has 3 aromatic rings. The average molecular weight is 300 g/mol. The van der Waals surface area contributed by atoms with Gasteiger partial charge in [-0.15, -0.1) is 0 Å². The Kier molecular flexibility index (Phi) is 3.54. The molecule has 0 bridgehead atoms. The Morgan fingerprint density at radius 2 is 2.27 bits per heavy atom. The highest BCUT2D eigenvalue weighted by Gasteiger charge is 2.15. The molecule has 0 aliphatic carbocycles. The van der Waals surface area contributed by atoms with Crippen LogP contribution in [0, 0.1) is 6.92 Å². The quantitative estimate of drug-likeness (QED) is 0.774. The number of carbonyl (C=O) groups excluding carboxylic acids is 1. The first-order valence-electron chi connectivity index (χ1n) is 6.92. The van der Waals surface area contributed by atoms with Crippen LogP contribution in [0.1, 0.15) is 18.3 Å². The van der Waals surface area contributed by atoms with E-state index in [2.05, 4.69) is 32.3 Å². The molecular formula is C15H16N4O3. The van der Waals surface area contributed by atoms with E-state index in [1.54, 1.807) is 0 Å². The van der Waals surface area contributed by atoms with E-state index in [1.807, 2.05) is 25.1 Å². The number of aryl methyl sites for hydroxylation is 2. The maximum atomic E-state index is 11.3. The summed E-state index contributed by atoms with van der Waals surface area (Å²) < 4.78 is 9.85. The molecule has 0 unspecified atom stereocenters. The first kappa shape index (κ1) is 14.1. The second-order valence-corrected chi connectivity index (χ2v) is 4.88. The SMILES string of the molecule is CCc1n[nH]c(C)c1-c1ccc2c(NC(=O)OC)noc2c1. The molecule has 2 N–H and O–H groups in total. The third-order valence-corrected chi connectivity index (χ3v) is 3.52. The fraction of sp³-hybridized carbons (Fsp3) is 0.267. The van der Waals surface area contributed by atoms with Crippen LogP contribution in [0.15, 0.2) is 22.7 Å². The number of hydrogen-bond acceptors (Lipinski definition) is 5. The summed E-state index contributed by atoms with van der Waals surface area (Å²) in [6.07, 6.45) is 0.252. The highest BCUT2D eigenvalue weighted by molar-refractivity contribution is 5.97. The summed E-state index contributed by atoms with van der Waals surface area (Å²) in [5.41, 5.74) is 4.67. The number of nitrogens with one attached hydrogen (secondary N) is 2. The van der Waals surface area contributed by atoms with Gasteiger partial charge in [0, 0.05) is 11.3 Å². The fourth-order valence-electron chi connectivity index (χ4n) is 2.45. The third-order valence-electron chi connectivity index (χ3n) is 3.52. The predicted molar refractivity (Wildman–Crippen MR) is 81.7 cm³/mol. The van der Waals surface area contributed by atoms with Gasteiger partial charge in [-0.3, -0.25) is 10.4 Å². The molecule has 0 fully saturated rings. The van der Waals surface area contributed by atoms with E-state index in [0.29, 0.717) is 16.8 Å². The first-order chi connectivity index (χ1) is 10.6. The van der Waals surface area contributed by atoms with Gasteiger partial charge in [-0.05, 0) is 31.0 Å². The van der Waals surface area contributed by atoms with Crippen LogP contribution < -0.4 is 5.32 Å². The molecule has 1 amide bonds. The maximum Gasteiger partial charge on any atom is 0.412 e. The van der Waals surface area contributed by atoms with Crippen molar-refractivity contribution in [1.29, 1.82) is 0 Å². The van der Waals surface area contributed by atoms with Gasteiger partial charge >= 0.3 is 6.09 Å². The number of hydrogen-bond donors (Lipinski definition) is 2. The van der Waals surface area contributed by atoms with Crippen molar-refractivity contribution in [2.45, 2.75) is 20.3 Å². The van der Waals surface area contributed by atoms with Crippen LogP contribution in [-0.4, -0.2) is 28.6 Å². The number of H-pyrrole nitrogens is 1. The van der Waals surface area contributed by atoms with Gasteiger partial charge in [0.15, 0.2) is 11.4 Å². The van der Waals surface area contributed by atoms with Crippen LogP contribution in [0.4, 0.5) is 10.6 Å². The molecule has 1 aromatic carbocycles. The van der Waals surface area contributed by atoms with Crippen LogP contribution in [0.2, 0.25) is 0 Å². The molecule has 0 aliphatic heterocycles. The number of nitrogens with zero attached hydrogens (tertiary/aromatic N) is 2. The monoisotopic (exact) mass is 300 g/mol. The van der Waals surface area contributed by atoms with Gasteiger partial charge < -0.3 is 9.26 Å². The Bertz CT molecular complexity index is 835. The fourth-order valence-corrected chi connectivity index (χ4v) is 2.45. The van der Waals surface area contributed by atoms with E-state index in [9.17, 15) is 4.79 Å². The van der Waals surface area contributed by atoms with Crippen LogP contribution in [-0.2, 0) is 11.2 Å². The largest absolute Gasteiger partial charge is 0.453 e. The Hall–Kier alpha value is -2.83. The van der Waals surface area contributed by atoms with Gasteiger partial charge in [0.1, 0.15) is 0 Å². The van der Waals surface area contributed by atoms with E-state index in [-0.39, 0.29) is 0 Å². The van der Waals surface area contributed by atoms with Gasteiger partial charge in [-0.2, -0.15) is 5.10 Å². The molecule has 0 aliphatic rings. The van der Waals surface area contributed by atoms with Crippen LogP contribution in [0.3, 0.4) is 0 Å². The number of rotatable bonds is 3. The summed E-state index contributed by atoms with van der Waals surface area (Å²) >= 11 is 0. The Labute approximate surface area is 126 Å². The zero-order valence-corrected chi connectivity index (χ0v) is 12.6. The van der Waals surface area contributed by atoms with Crippen molar-refractivity contribution in [2.24, 2.45) is 0 Å². The summed E-state index contributed by atoms with van der Waals surface area (Å²) in [6.45, 7) is 4.04. The van der Waals surface area contributed by atoms with E-state index in [0.717, 1.165) is 28.9 Å². The highest BCUT2D eigenvalue weighted by Crippen LogP contribution is 2.31. The summed E-state index contributed by atoms with van der Waals surface area (Å²) in [4.78, 5) is 11.3. The lowest BCUT2D eigenvalue weighted by atomic mass is 10.0. The van der Waals surface area contributed by atoms with E-state index >= 15 is 0 Å². The molecule has 0 saturated heterocycles. The normalized spacial score (nSPS) is 10.9. The van der Waals surface area contributed by atoms with Crippen molar-refractivity contribution >= 4 is 22.9 Å². The van der Waals surface area contributed by atoms with E-state index < -0.39 is 6.09 Å². The standard InChI is InChI=1S/C15H16N4O3/c1-4-11-13(8(2)17-18-11)9-5-6-10-12(7-9)22-19-14(10)16-15(20)21-3/h5-7H,4H2,1-3H3,(H,17,18)(H,16,19,20). The van der Waals surface area contributed by atoms with Gasteiger partial charge in [-0.1, -0.05) is 18.1 Å². The topological polar surface area (TPSA) is 93.0 Å². The number of carbonyl (C=O) groups is 1. The molecule has 7 nitrogen and oxygen atoms in total. The highest BCUT2D eigenvalue weighted by atomic mass is 16.5. The zero-order chi connectivity index (χ0) is 15.7. The minimum Gasteiger partial charge on any atom is -0.453 e. The average Bonchev–Trinajstić information content (AvgIpc) is 3.10. The van der Waals surface area contributed by atoms with E-state index in [1.165, 1.54) is 7.11 Å². The number of aromatic amines is 1. The van der Waals surface area contributed by atoms with Crippen LogP contribution in [0.5, 0.6) is 0 Å². The first-order valence-corrected chi connectivity index (χ1v) is 6.92. The Morgan fingerprint density at radius 3 is 3.00 bits per heavy atom. The third kappa shape index (κ3) is 2.30. The lowest BCUT2D eigenvalue weighted by Gasteiger charge is -2.03. The number of benzene rings is 1. The number of ether oxygens (including phenoxy) is 1. The zero-order valence-electron chi connectivity index (χ0n) is 12.6. The molecule has 3 rings (SSSR count). The van der Waals surface area contributed by atoms with Crippen LogP contribution >= 0.6 is 0 Å². The van der Waals surface area contributed by atoms with Gasteiger partial charge in [0.25, 0.3) is 0 Å². The second-order valence-electron chi connectivity index (χ2n) is 4.88. The molecule has 2 aromatic heterocycles. The van der Waals surface area contributed by atoms with Crippen molar-refractivity contribution in [1.82, 2.24) is 15.4 Å². The minimum atomic E-state index is -0.585. The number of aromatic nitrogens is 3. The summed E-state index contributed by atoms with van der Waals surface area (Å²) in [5.74, 6) is 0.341. The smallest absolute Gasteiger partial charge is 0.412 e. The predicted octanol–water partition coefficient (Wildman–Crippen LogP) is 3.27. The van der Waals surface area contributed by atoms with Gasteiger partial charge in [0.2, 0.25) is 0 Å². The van der Waals surface area contributed by atoms with Crippen molar-refractivity contribution < 1.29 is 14.1 Å². The molecule has 22 heavy (non-hydrogen) atoms. The Balaban J connectivity index is 2.04. The summed E-state index contributed by atoms with van der Waals surface area (Å²) in [7, 11) is 1.30. The molecule has 2 heterocycles. The van der Waals surface area contributed by atoms with Gasteiger partial charge in [-0.25, -0.2) is 4.79 Å². The maximum absolute atomic E-state index is 11.3. The molecule has 0 spiro atoms. The second kappa shape index (κ2) is 5.51. The molecule has 114 valence electrons. The molecule has 7 heteroatoms. The molecule has 0 radical (unpaired) electrons. The van der Waals surface area contributed by atoms with E-state index in [4.69, 9.17) is 4.52 Å². The molecule has 0 atom stereocenters. The lowest BCUT2D eigenvalue weighted by molar-refractivity contribution is 0.186. The van der Waals surface area contributed by atoms with Crippen molar-refractivity contribution in [2.75, 3.05) is 12.4 Å². The van der Waals surface area contributed by atoms with Crippen molar-refractivity contribution in [3.05, 3.63) is 29.6 Å². The van der Waals surface area contributed by atoms with Crippen molar-refractivity contribution in [3.63, 3.8) is 0 Å². The minimum absolute atomic E-state index is 0.341. The Morgan fingerprint density at radius 1 is 1.45 bits per heavy atom. The number of amides is 1. The number of fused-ring (bicyclic) bond motifs is 1. The van der Waals surface area contributed by atoms with Crippen LogP contribution in [0.25, 0.3) is 22.1 Å². The van der Waals surface area contributed by atoms with Crippen molar-refractivity contribution in [3.8, 4) is 11.1 Å². The van der Waals surface area contributed by atoms with Gasteiger partial charge in [0.05, 0.1) is 18.2 Å². The molecular weight excluding hydrogens is 284 g/mol. The summed E-state index contributed by atoms with van der Waals surface area (Å²) in [5, 5.41) is 14.4.